The van der Waals surface area contributed by atoms with Crippen LogP contribution in [-0.2, 0) is 31.9 Å². The Kier molecular flexibility index (Phi) is 10.0. The molecular formula is C31H34N2O7. The molecule has 0 aliphatic carbocycles. The lowest BCUT2D eigenvalue weighted by Crippen LogP contribution is -2.53. The van der Waals surface area contributed by atoms with E-state index in [-0.39, 0.29) is 24.4 Å². The smallest absolute Gasteiger partial charge is 0.408 e. The Balaban J connectivity index is 1.84. The number of hydrogen-bond acceptors (Lipinski definition) is 7. The first-order valence-electron chi connectivity index (χ1n) is 12.8. The number of amides is 2. The molecule has 2 atom stereocenters. The molecule has 0 aliphatic rings. The third-order valence-corrected chi connectivity index (χ3v) is 5.85. The summed E-state index contributed by atoms with van der Waals surface area (Å²) in [5.74, 6) is -1.42. The number of hydrogen-bond donors (Lipinski definition) is 3. The van der Waals surface area contributed by atoms with Gasteiger partial charge in [0.1, 0.15) is 23.4 Å². The predicted molar refractivity (Wildman–Crippen MR) is 149 cm³/mol. The third-order valence-electron chi connectivity index (χ3n) is 5.85. The maximum atomic E-state index is 13.5. The summed E-state index contributed by atoms with van der Waals surface area (Å²) in [6.45, 7) is 5.10. The Bertz CT molecular complexity index is 1330. The van der Waals surface area contributed by atoms with Gasteiger partial charge in [-0.15, -0.1) is 0 Å². The summed E-state index contributed by atoms with van der Waals surface area (Å²) in [6, 6.07) is 19.6. The average Bonchev–Trinajstić information content (AvgIpc) is 2.92. The zero-order valence-electron chi connectivity index (χ0n) is 23.0. The minimum atomic E-state index is -1.14. The number of phenols is 1. The second kappa shape index (κ2) is 13.4. The van der Waals surface area contributed by atoms with Crippen molar-refractivity contribution in [3.8, 4) is 5.75 Å². The number of methoxy groups -OCH3 is 1. The highest BCUT2D eigenvalue weighted by Gasteiger charge is 2.29. The van der Waals surface area contributed by atoms with Crippen LogP contribution in [0.3, 0.4) is 0 Å². The van der Waals surface area contributed by atoms with Gasteiger partial charge < -0.3 is 25.2 Å². The van der Waals surface area contributed by atoms with Gasteiger partial charge in [0.2, 0.25) is 5.91 Å². The van der Waals surface area contributed by atoms with Gasteiger partial charge in [-0.3, -0.25) is 9.59 Å². The quantitative estimate of drug-likeness (QED) is 0.259. The van der Waals surface area contributed by atoms with Crippen molar-refractivity contribution in [1.82, 2.24) is 10.6 Å². The molecule has 0 saturated heterocycles. The highest BCUT2D eigenvalue weighted by Crippen LogP contribution is 2.15. The summed E-state index contributed by atoms with van der Waals surface area (Å²) < 4.78 is 10.2. The topological polar surface area (TPSA) is 131 Å². The molecule has 210 valence electrons. The first-order valence-corrected chi connectivity index (χ1v) is 12.8. The highest BCUT2D eigenvalue weighted by molar-refractivity contribution is 6.09. The average molecular weight is 547 g/mol. The number of nitrogens with one attached hydrogen (secondary N) is 2. The lowest BCUT2D eigenvalue weighted by Gasteiger charge is -2.25. The minimum Gasteiger partial charge on any atom is -0.508 e. The van der Waals surface area contributed by atoms with Crippen molar-refractivity contribution in [2.45, 2.75) is 51.3 Å². The lowest BCUT2D eigenvalue weighted by atomic mass is 9.98. The van der Waals surface area contributed by atoms with Crippen LogP contribution < -0.4 is 10.6 Å². The standard InChI is InChI=1S/C31H34N2O7/c1-31(2,3)40-30(38)33-25(19-21-9-8-12-23(17-21)27(35)22-10-6-5-7-11-22)28(36)32-26(29(37)39-4)18-20-13-15-24(34)16-14-20/h5-17,25-26,34H,18-19H2,1-4H3,(H,32,36)(H,33,38)/t25-,26-/m0/s1. The van der Waals surface area contributed by atoms with Crippen LogP contribution in [0.1, 0.15) is 47.8 Å². The number of aromatic hydroxyl groups is 1. The van der Waals surface area contributed by atoms with Crippen LogP contribution >= 0.6 is 0 Å². The van der Waals surface area contributed by atoms with Crippen molar-refractivity contribution in [2.75, 3.05) is 7.11 Å². The summed E-state index contributed by atoms with van der Waals surface area (Å²) in [6.07, 6.45) is -0.690. The number of ether oxygens (including phenoxy) is 2. The number of esters is 1. The van der Waals surface area contributed by atoms with Gasteiger partial charge in [-0.1, -0.05) is 60.7 Å². The van der Waals surface area contributed by atoms with Crippen LogP contribution in [0, 0.1) is 0 Å². The van der Waals surface area contributed by atoms with E-state index < -0.39 is 35.7 Å². The Hall–Kier alpha value is -4.66. The van der Waals surface area contributed by atoms with Gasteiger partial charge in [0, 0.05) is 24.0 Å². The lowest BCUT2D eigenvalue weighted by molar-refractivity contribution is -0.145. The van der Waals surface area contributed by atoms with Crippen LogP contribution in [0.4, 0.5) is 4.79 Å². The van der Waals surface area contributed by atoms with Crippen LogP contribution in [-0.4, -0.2) is 53.7 Å². The Labute approximate surface area is 233 Å². The molecule has 2 amide bonds. The number of rotatable bonds is 10. The summed E-state index contributed by atoms with van der Waals surface area (Å²) in [5.41, 5.74) is 1.44. The van der Waals surface area contributed by atoms with Crippen LogP contribution in [0.15, 0.2) is 78.9 Å². The molecule has 3 rings (SSSR count). The van der Waals surface area contributed by atoms with Crippen LogP contribution in [0.2, 0.25) is 0 Å². The molecule has 0 bridgehead atoms. The van der Waals surface area contributed by atoms with Crippen molar-refractivity contribution < 1.29 is 33.8 Å². The number of ketones is 1. The van der Waals surface area contributed by atoms with Gasteiger partial charge in [-0.2, -0.15) is 0 Å². The Morgan fingerprint density at radius 1 is 0.775 bits per heavy atom. The maximum absolute atomic E-state index is 13.5. The molecule has 3 aromatic carbocycles. The van der Waals surface area contributed by atoms with Crippen molar-refractivity contribution in [1.29, 1.82) is 0 Å². The van der Waals surface area contributed by atoms with Crippen molar-refractivity contribution in [3.63, 3.8) is 0 Å². The molecule has 9 heteroatoms. The van der Waals surface area contributed by atoms with E-state index >= 15 is 0 Å². The van der Waals surface area contributed by atoms with E-state index in [1.165, 1.54) is 19.2 Å². The molecule has 0 fully saturated rings. The number of carbonyl (C=O) groups is 4. The van der Waals surface area contributed by atoms with Gasteiger partial charge in [-0.25, -0.2) is 9.59 Å². The number of alkyl carbamates (subject to hydrolysis) is 1. The number of phenolic OH excluding ortho intramolecular Hbond substituents is 1. The van der Waals surface area contributed by atoms with Gasteiger partial charge in [-0.05, 0) is 50.1 Å². The molecule has 0 heterocycles. The monoisotopic (exact) mass is 546 g/mol. The molecule has 3 N–H and O–H groups in total. The maximum Gasteiger partial charge on any atom is 0.408 e. The summed E-state index contributed by atoms with van der Waals surface area (Å²) >= 11 is 0. The molecule has 0 aliphatic heterocycles. The molecule has 0 aromatic heterocycles. The predicted octanol–water partition coefficient (Wildman–Crippen LogP) is 3.96. The summed E-state index contributed by atoms with van der Waals surface area (Å²) in [4.78, 5) is 51.6. The molecule has 40 heavy (non-hydrogen) atoms. The third kappa shape index (κ3) is 8.97. The van der Waals surface area contributed by atoms with E-state index in [4.69, 9.17) is 9.47 Å². The molecule has 9 nitrogen and oxygen atoms in total. The Morgan fingerprint density at radius 2 is 1.40 bits per heavy atom. The molecule has 0 radical (unpaired) electrons. The largest absolute Gasteiger partial charge is 0.508 e. The van der Waals surface area contributed by atoms with E-state index in [0.717, 1.165) is 0 Å². The Morgan fingerprint density at radius 3 is 2.02 bits per heavy atom. The van der Waals surface area contributed by atoms with E-state index in [0.29, 0.717) is 22.3 Å². The normalized spacial score (nSPS) is 12.5. The molecule has 3 aromatic rings. The fourth-order valence-electron chi connectivity index (χ4n) is 3.97. The van der Waals surface area contributed by atoms with E-state index in [1.54, 1.807) is 81.4 Å². The number of carbonyl (C=O) groups excluding carboxylic acids is 4. The summed E-state index contributed by atoms with van der Waals surface area (Å²) in [7, 11) is 1.21. The second-order valence-electron chi connectivity index (χ2n) is 10.3. The van der Waals surface area contributed by atoms with Gasteiger partial charge in [0.15, 0.2) is 5.78 Å². The van der Waals surface area contributed by atoms with Crippen LogP contribution in [0.5, 0.6) is 5.75 Å². The molecule has 0 unspecified atom stereocenters. The van der Waals surface area contributed by atoms with Crippen molar-refractivity contribution >= 4 is 23.8 Å². The van der Waals surface area contributed by atoms with Crippen LogP contribution in [0.25, 0.3) is 0 Å². The fraction of sp³-hybridized carbons (Fsp3) is 0.290. The number of benzene rings is 3. The highest BCUT2D eigenvalue weighted by atomic mass is 16.6. The molecular weight excluding hydrogens is 512 g/mol. The van der Waals surface area contributed by atoms with Crippen molar-refractivity contribution in [2.24, 2.45) is 0 Å². The van der Waals surface area contributed by atoms with Gasteiger partial charge in [0.05, 0.1) is 7.11 Å². The molecule has 0 spiro atoms. The van der Waals surface area contributed by atoms with E-state index in [2.05, 4.69) is 10.6 Å². The van der Waals surface area contributed by atoms with E-state index in [9.17, 15) is 24.3 Å². The summed E-state index contributed by atoms with van der Waals surface area (Å²) in [5, 5.41) is 14.8. The van der Waals surface area contributed by atoms with E-state index in [1.807, 2.05) is 6.07 Å². The zero-order chi connectivity index (χ0) is 29.3. The zero-order valence-corrected chi connectivity index (χ0v) is 23.0. The fourth-order valence-corrected chi connectivity index (χ4v) is 3.97. The SMILES string of the molecule is COC(=O)[C@H](Cc1ccc(O)cc1)NC(=O)[C@H](Cc1cccc(C(=O)c2ccccc2)c1)NC(=O)OC(C)(C)C. The van der Waals surface area contributed by atoms with Gasteiger partial charge >= 0.3 is 12.1 Å². The minimum absolute atomic E-state index is 0.0219. The first-order chi connectivity index (χ1) is 18.9. The first kappa shape index (κ1) is 29.9. The van der Waals surface area contributed by atoms with Gasteiger partial charge in [0.25, 0.3) is 0 Å². The van der Waals surface area contributed by atoms with Crippen molar-refractivity contribution in [3.05, 3.63) is 101 Å². The second-order valence-corrected chi connectivity index (χ2v) is 10.3. The molecule has 0 saturated carbocycles.